The van der Waals surface area contributed by atoms with E-state index in [1.54, 1.807) is 10.2 Å². The van der Waals surface area contributed by atoms with Gasteiger partial charge in [-0.15, -0.1) is 0 Å². The van der Waals surface area contributed by atoms with Gasteiger partial charge in [-0.1, -0.05) is 78.9 Å². The average Bonchev–Trinajstić information content (AvgIpc) is 3.51. The first-order chi connectivity index (χ1) is 19.9. The number of carboxylic acid groups (broad SMARTS) is 1. The molecule has 1 aliphatic heterocycles. The minimum Gasteiger partial charge on any atom is -0.479 e. The molecule has 3 N–H and O–H groups in total. The number of halogens is 3. The van der Waals surface area contributed by atoms with Gasteiger partial charge in [0.2, 0.25) is 5.54 Å². The van der Waals surface area contributed by atoms with Crippen molar-refractivity contribution in [1.29, 1.82) is 0 Å². The SMILES string of the molecule is CC(NC(=O)OCC1c2ccccc2-c2ccccc21)(C(=O)NC1(C(=O)O)CCN(Cc2ccccc2)C1)C(F)(F)F. The second-order valence-corrected chi connectivity index (χ2v) is 10.9. The summed E-state index contributed by atoms with van der Waals surface area (Å²) in [5, 5.41) is 13.8. The van der Waals surface area contributed by atoms with Crippen molar-refractivity contribution in [2.45, 2.75) is 43.1 Å². The van der Waals surface area contributed by atoms with Crippen molar-refractivity contribution in [2.75, 3.05) is 19.7 Å². The minimum atomic E-state index is -5.26. The second kappa shape index (κ2) is 11.1. The smallest absolute Gasteiger partial charge is 0.420 e. The quantitative estimate of drug-likeness (QED) is 0.356. The average molecular weight is 582 g/mol. The van der Waals surface area contributed by atoms with Gasteiger partial charge in [0.05, 0.1) is 0 Å². The third-order valence-corrected chi connectivity index (χ3v) is 8.08. The molecule has 1 fully saturated rings. The zero-order chi connectivity index (χ0) is 30.1. The predicted molar refractivity (Wildman–Crippen MR) is 148 cm³/mol. The lowest BCUT2D eigenvalue weighted by Crippen LogP contribution is -2.69. The van der Waals surface area contributed by atoms with E-state index in [0.717, 1.165) is 27.8 Å². The van der Waals surface area contributed by atoms with Gasteiger partial charge in [0, 0.05) is 25.6 Å². The van der Waals surface area contributed by atoms with Crippen LogP contribution in [0.3, 0.4) is 0 Å². The maximum atomic E-state index is 14.3. The molecular weight excluding hydrogens is 551 g/mol. The fourth-order valence-electron chi connectivity index (χ4n) is 5.63. The number of carbonyl (C=O) groups excluding carboxylic acids is 2. The lowest BCUT2D eigenvalue weighted by atomic mass is 9.94. The number of amides is 2. The largest absolute Gasteiger partial charge is 0.479 e. The van der Waals surface area contributed by atoms with E-state index in [1.807, 2.05) is 78.9 Å². The zero-order valence-electron chi connectivity index (χ0n) is 22.8. The summed E-state index contributed by atoms with van der Waals surface area (Å²) >= 11 is 0. The van der Waals surface area contributed by atoms with Gasteiger partial charge in [0.25, 0.3) is 5.91 Å². The second-order valence-electron chi connectivity index (χ2n) is 10.9. The van der Waals surface area contributed by atoms with Crippen molar-refractivity contribution in [3.8, 4) is 11.1 Å². The minimum absolute atomic E-state index is 0.111. The fraction of sp³-hybridized carbons (Fsp3) is 0.323. The number of carboxylic acids is 1. The number of alkyl halides is 3. The highest BCUT2D eigenvalue weighted by atomic mass is 19.4. The molecule has 1 saturated heterocycles. The Morgan fingerprint density at radius 3 is 2.10 bits per heavy atom. The normalized spacial score (nSPS) is 19.8. The molecule has 0 aromatic heterocycles. The van der Waals surface area contributed by atoms with E-state index in [4.69, 9.17) is 4.74 Å². The molecule has 0 spiro atoms. The van der Waals surface area contributed by atoms with Crippen LogP contribution in [0.4, 0.5) is 18.0 Å². The molecule has 0 bridgehead atoms. The van der Waals surface area contributed by atoms with Gasteiger partial charge in [0.15, 0.2) is 5.54 Å². The van der Waals surface area contributed by atoms with Gasteiger partial charge in [-0.3, -0.25) is 15.0 Å². The molecule has 42 heavy (non-hydrogen) atoms. The van der Waals surface area contributed by atoms with Crippen LogP contribution in [0.15, 0.2) is 78.9 Å². The topological polar surface area (TPSA) is 108 Å². The summed E-state index contributed by atoms with van der Waals surface area (Å²) in [6.07, 6.45) is -6.82. The highest BCUT2D eigenvalue weighted by molar-refractivity contribution is 5.95. The van der Waals surface area contributed by atoms with Crippen LogP contribution in [-0.2, 0) is 20.9 Å². The molecule has 3 aromatic rings. The van der Waals surface area contributed by atoms with Gasteiger partial charge in [-0.2, -0.15) is 13.2 Å². The van der Waals surface area contributed by atoms with Crippen LogP contribution in [-0.4, -0.2) is 64.9 Å². The number of alkyl carbamates (subject to hydrolysis) is 1. The van der Waals surface area contributed by atoms with E-state index in [2.05, 4.69) is 5.32 Å². The van der Waals surface area contributed by atoms with E-state index in [1.165, 1.54) is 0 Å². The van der Waals surface area contributed by atoms with Crippen molar-refractivity contribution >= 4 is 18.0 Å². The first-order valence-corrected chi connectivity index (χ1v) is 13.5. The Kier molecular flexibility index (Phi) is 7.72. The summed E-state index contributed by atoms with van der Waals surface area (Å²) in [7, 11) is 0. The van der Waals surface area contributed by atoms with Gasteiger partial charge in [0.1, 0.15) is 6.61 Å². The van der Waals surface area contributed by atoms with Crippen molar-refractivity contribution in [3.63, 3.8) is 0 Å². The number of hydrogen-bond donors (Lipinski definition) is 3. The summed E-state index contributed by atoms with van der Waals surface area (Å²) in [4.78, 5) is 40.0. The Labute approximate surface area is 240 Å². The third kappa shape index (κ3) is 5.44. The third-order valence-electron chi connectivity index (χ3n) is 8.08. The van der Waals surface area contributed by atoms with Gasteiger partial charge < -0.3 is 15.2 Å². The highest BCUT2D eigenvalue weighted by Gasteiger charge is 2.60. The number of ether oxygens (including phenoxy) is 1. The van der Waals surface area contributed by atoms with Crippen LogP contribution in [0.1, 0.15) is 36.0 Å². The highest BCUT2D eigenvalue weighted by Crippen LogP contribution is 2.44. The maximum absolute atomic E-state index is 14.3. The number of likely N-dealkylation sites (tertiary alicyclic amines) is 1. The van der Waals surface area contributed by atoms with Crippen molar-refractivity contribution in [3.05, 3.63) is 95.6 Å². The van der Waals surface area contributed by atoms with Crippen LogP contribution < -0.4 is 10.6 Å². The lowest BCUT2D eigenvalue weighted by Gasteiger charge is -2.35. The lowest BCUT2D eigenvalue weighted by molar-refractivity contribution is -0.195. The molecule has 1 aliphatic carbocycles. The Morgan fingerprint density at radius 2 is 1.52 bits per heavy atom. The van der Waals surface area contributed by atoms with E-state index < -0.39 is 41.1 Å². The van der Waals surface area contributed by atoms with E-state index in [0.29, 0.717) is 13.5 Å². The monoisotopic (exact) mass is 581 g/mol. The number of rotatable bonds is 8. The number of hydrogen-bond acceptors (Lipinski definition) is 5. The number of fused-ring (bicyclic) bond motifs is 3. The molecule has 0 radical (unpaired) electrons. The number of nitrogens with one attached hydrogen (secondary N) is 2. The van der Waals surface area contributed by atoms with Crippen molar-refractivity contribution < 1.29 is 37.4 Å². The first-order valence-electron chi connectivity index (χ1n) is 13.5. The van der Waals surface area contributed by atoms with Gasteiger partial charge in [-0.25, -0.2) is 9.59 Å². The molecule has 1 heterocycles. The number of carbonyl (C=O) groups is 3. The molecule has 5 rings (SSSR count). The molecule has 8 nitrogen and oxygen atoms in total. The summed E-state index contributed by atoms with van der Waals surface area (Å²) in [5.41, 5.74) is -0.912. The van der Waals surface area contributed by atoms with Crippen molar-refractivity contribution in [1.82, 2.24) is 15.5 Å². The maximum Gasteiger partial charge on any atom is 0.420 e. The Balaban J connectivity index is 1.29. The molecule has 220 valence electrons. The molecule has 2 atom stereocenters. The van der Waals surface area contributed by atoms with Crippen LogP contribution in [0.5, 0.6) is 0 Å². The Hall–Kier alpha value is -4.38. The van der Waals surface area contributed by atoms with E-state index in [9.17, 15) is 32.7 Å². The number of benzene rings is 3. The Morgan fingerprint density at radius 1 is 0.952 bits per heavy atom. The first kappa shape index (κ1) is 29.1. The van der Waals surface area contributed by atoms with Crippen LogP contribution >= 0.6 is 0 Å². The van der Waals surface area contributed by atoms with E-state index in [-0.39, 0.29) is 26.1 Å². The molecule has 2 amide bonds. The summed E-state index contributed by atoms with van der Waals surface area (Å²) < 4.78 is 48.2. The number of nitrogens with zero attached hydrogens (tertiary/aromatic N) is 1. The van der Waals surface area contributed by atoms with Crippen molar-refractivity contribution in [2.24, 2.45) is 0 Å². The molecule has 3 aromatic carbocycles. The molecule has 2 unspecified atom stereocenters. The molecule has 2 aliphatic rings. The Bertz CT molecular complexity index is 1450. The van der Waals surface area contributed by atoms with Crippen LogP contribution in [0.2, 0.25) is 0 Å². The molecule has 11 heteroatoms. The van der Waals surface area contributed by atoms with Gasteiger partial charge in [-0.05, 0) is 41.2 Å². The molecule has 0 saturated carbocycles. The van der Waals surface area contributed by atoms with Crippen LogP contribution in [0.25, 0.3) is 11.1 Å². The number of aliphatic carboxylic acids is 1. The zero-order valence-corrected chi connectivity index (χ0v) is 22.8. The fourth-order valence-corrected chi connectivity index (χ4v) is 5.63. The summed E-state index contributed by atoms with van der Waals surface area (Å²) in [6.45, 7) is 0.630. The summed E-state index contributed by atoms with van der Waals surface area (Å²) in [6, 6.07) is 24.1. The van der Waals surface area contributed by atoms with Crippen LogP contribution in [0, 0.1) is 0 Å². The molecular formula is C31H30F3N3O5. The summed E-state index contributed by atoms with van der Waals surface area (Å²) in [5.74, 6) is -3.55. The standard InChI is InChI=1S/C31H30F3N3O5/c1-29(31(32,33)34,26(38)35-30(27(39)40)15-16-37(19-30)17-20-9-3-2-4-10-20)36-28(41)42-18-25-23-13-7-5-11-21(23)22-12-6-8-14-24(22)25/h2-14,25H,15-19H2,1H3,(H,35,38)(H,36,41)(H,39,40). The van der Waals surface area contributed by atoms with E-state index >= 15 is 0 Å². The predicted octanol–water partition coefficient (Wildman–Crippen LogP) is 4.69. The van der Waals surface area contributed by atoms with Gasteiger partial charge >= 0.3 is 18.2 Å².